The van der Waals surface area contributed by atoms with Crippen LogP contribution in [0.2, 0.25) is 0 Å². The monoisotopic (exact) mass is 260 g/mol. The minimum absolute atomic E-state index is 0.357. The number of nitrogens with zero attached hydrogens (tertiary/aromatic N) is 2. The van der Waals surface area contributed by atoms with Crippen LogP contribution in [0.25, 0.3) is 0 Å². The minimum atomic E-state index is 0.357. The molecule has 1 aliphatic heterocycles. The molecule has 1 aromatic carbocycles. The van der Waals surface area contributed by atoms with Crippen molar-refractivity contribution in [2.75, 3.05) is 39.3 Å². The van der Waals surface area contributed by atoms with Gasteiger partial charge in [0.25, 0.3) is 0 Å². The predicted molar refractivity (Wildman–Crippen MR) is 82.5 cm³/mol. The Balaban J connectivity index is 1.84. The molecule has 0 amide bonds. The van der Waals surface area contributed by atoms with Crippen LogP contribution in [0.1, 0.15) is 26.3 Å². The van der Waals surface area contributed by atoms with E-state index in [-0.39, 0.29) is 0 Å². The Hall–Kier alpha value is -0.860. The van der Waals surface area contributed by atoms with Gasteiger partial charge in [-0.05, 0) is 23.9 Å². The fourth-order valence-electron chi connectivity index (χ4n) is 3.07. The largest absolute Gasteiger partial charge is 0.301 e. The topological polar surface area (TPSA) is 6.48 Å². The maximum absolute atomic E-state index is 2.63. The van der Waals surface area contributed by atoms with Gasteiger partial charge in [-0.15, -0.1) is 0 Å². The molecule has 1 aliphatic rings. The van der Waals surface area contributed by atoms with Crippen LogP contribution in [0, 0.1) is 5.41 Å². The lowest BCUT2D eigenvalue weighted by molar-refractivity contribution is 0.0999. The Kier molecular flexibility index (Phi) is 5.00. The van der Waals surface area contributed by atoms with Crippen molar-refractivity contribution in [3.8, 4) is 0 Å². The highest BCUT2D eigenvalue weighted by molar-refractivity contribution is 5.16. The molecule has 2 heteroatoms. The van der Waals surface area contributed by atoms with Crippen molar-refractivity contribution in [3.05, 3.63) is 35.9 Å². The van der Waals surface area contributed by atoms with E-state index < -0.39 is 0 Å². The molecule has 19 heavy (non-hydrogen) atoms. The van der Waals surface area contributed by atoms with Crippen LogP contribution >= 0.6 is 0 Å². The second-order valence-corrected chi connectivity index (χ2v) is 6.54. The molecule has 2 nitrogen and oxygen atoms in total. The van der Waals surface area contributed by atoms with Crippen molar-refractivity contribution in [1.29, 1.82) is 0 Å². The number of likely N-dealkylation sites (N-methyl/N-ethyl adjacent to an activating group) is 1. The van der Waals surface area contributed by atoms with E-state index in [1.807, 2.05) is 0 Å². The standard InChI is InChI=1S/C17H28N2/c1-4-18-10-12-19(13-11-18)15-17(2,3)14-16-8-6-5-7-9-16/h5-9H,4,10-15H2,1-3H3. The van der Waals surface area contributed by atoms with E-state index in [9.17, 15) is 0 Å². The van der Waals surface area contributed by atoms with Gasteiger partial charge in [0.05, 0.1) is 0 Å². The first-order valence-corrected chi connectivity index (χ1v) is 7.58. The molecule has 106 valence electrons. The zero-order valence-electron chi connectivity index (χ0n) is 12.7. The van der Waals surface area contributed by atoms with Gasteiger partial charge in [-0.2, -0.15) is 0 Å². The average Bonchev–Trinajstić information content (AvgIpc) is 2.39. The van der Waals surface area contributed by atoms with Crippen LogP contribution in [-0.4, -0.2) is 49.1 Å². The van der Waals surface area contributed by atoms with Gasteiger partial charge in [-0.25, -0.2) is 0 Å². The van der Waals surface area contributed by atoms with Gasteiger partial charge in [0.2, 0.25) is 0 Å². The average molecular weight is 260 g/mol. The van der Waals surface area contributed by atoms with E-state index >= 15 is 0 Å². The zero-order chi connectivity index (χ0) is 13.7. The Morgan fingerprint density at radius 2 is 1.53 bits per heavy atom. The maximum Gasteiger partial charge on any atom is 0.0110 e. The van der Waals surface area contributed by atoms with Crippen molar-refractivity contribution < 1.29 is 0 Å². The van der Waals surface area contributed by atoms with E-state index in [1.54, 1.807) is 0 Å². The lowest BCUT2D eigenvalue weighted by Crippen LogP contribution is -2.49. The van der Waals surface area contributed by atoms with Gasteiger partial charge in [0.1, 0.15) is 0 Å². The molecule has 0 N–H and O–H groups in total. The first-order chi connectivity index (χ1) is 9.09. The van der Waals surface area contributed by atoms with Gasteiger partial charge in [-0.1, -0.05) is 51.1 Å². The molecule has 0 bridgehead atoms. The molecule has 0 aliphatic carbocycles. The Morgan fingerprint density at radius 1 is 0.947 bits per heavy atom. The molecular formula is C17H28N2. The fourth-order valence-corrected chi connectivity index (χ4v) is 3.07. The third-order valence-electron chi connectivity index (χ3n) is 4.09. The number of hydrogen-bond donors (Lipinski definition) is 0. The smallest absolute Gasteiger partial charge is 0.0110 e. The van der Waals surface area contributed by atoms with Crippen LogP contribution in [0.15, 0.2) is 30.3 Å². The summed E-state index contributed by atoms with van der Waals surface area (Å²) in [7, 11) is 0. The van der Waals surface area contributed by atoms with Crippen molar-refractivity contribution >= 4 is 0 Å². The van der Waals surface area contributed by atoms with Gasteiger partial charge >= 0.3 is 0 Å². The van der Waals surface area contributed by atoms with Crippen LogP contribution in [0.4, 0.5) is 0 Å². The number of piperazine rings is 1. The normalized spacial score (nSPS) is 18.7. The summed E-state index contributed by atoms with van der Waals surface area (Å²) in [6.45, 7) is 14.4. The summed E-state index contributed by atoms with van der Waals surface area (Å²) in [6.07, 6.45) is 1.17. The molecule has 0 aromatic heterocycles. The van der Waals surface area contributed by atoms with E-state index in [2.05, 4.69) is 60.9 Å². The molecule has 1 heterocycles. The van der Waals surface area contributed by atoms with Crippen LogP contribution < -0.4 is 0 Å². The summed E-state index contributed by atoms with van der Waals surface area (Å²) in [5.41, 5.74) is 1.81. The summed E-state index contributed by atoms with van der Waals surface area (Å²) in [4.78, 5) is 5.18. The Morgan fingerprint density at radius 3 is 2.11 bits per heavy atom. The second-order valence-electron chi connectivity index (χ2n) is 6.54. The number of hydrogen-bond acceptors (Lipinski definition) is 2. The molecule has 0 saturated carbocycles. The number of benzene rings is 1. The van der Waals surface area contributed by atoms with Crippen LogP contribution in [0.3, 0.4) is 0 Å². The summed E-state index contributed by atoms with van der Waals surface area (Å²) in [5.74, 6) is 0. The number of rotatable bonds is 5. The molecule has 1 aromatic rings. The minimum Gasteiger partial charge on any atom is -0.301 e. The zero-order valence-corrected chi connectivity index (χ0v) is 12.7. The van der Waals surface area contributed by atoms with E-state index in [0.717, 1.165) is 0 Å². The fraction of sp³-hybridized carbons (Fsp3) is 0.647. The molecule has 1 fully saturated rings. The summed E-state index contributed by atoms with van der Waals surface area (Å²) in [5, 5.41) is 0. The predicted octanol–water partition coefficient (Wildman–Crippen LogP) is 2.89. The molecule has 0 atom stereocenters. The molecule has 2 rings (SSSR count). The second kappa shape index (κ2) is 6.53. The molecule has 0 radical (unpaired) electrons. The van der Waals surface area contributed by atoms with Crippen molar-refractivity contribution in [2.45, 2.75) is 27.2 Å². The van der Waals surface area contributed by atoms with Crippen LogP contribution in [-0.2, 0) is 6.42 Å². The highest BCUT2D eigenvalue weighted by atomic mass is 15.3. The van der Waals surface area contributed by atoms with E-state index in [1.165, 1.54) is 51.3 Å². The van der Waals surface area contributed by atoms with E-state index in [0.29, 0.717) is 5.41 Å². The van der Waals surface area contributed by atoms with Crippen molar-refractivity contribution in [1.82, 2.24) is 9.80 Å². The third-order valence-corrected chi connectivity index (χ3v) is 4.09. The SMILES string of the molecule is CCN1CCN(CC(C)(C)Cc2ccccc2)CC1. The van der Waals surface area contributed by atoms with Crippen molar-refractivity contribution in [2.24, 2.45) is 5.41 Å². The highest BCUT2D eigenvalue weighted by Crippen LogP contribution is 2.23. The summed E-state index contributed by atoms with van der Waals surface area (Å²) in [6, 6.07) is 10.9. The molecule has 0 unspecified atom stereocenters. The summed E-state index contributed by atoms with van der Waals surface area (Å²) >= 11 is 0. The summed E-state index contributed by atoms with van der Waals surface area (Å²) < 4.78 is 0. The van der Waals surface area contributed by atoms with Crippen molar-refractivity contribution in [3.63, 3.8) is 0 Å². The Labute approximate surface area is 118 Å². The van der Waals surface area contributed by atoms with Gasteiger partial charge < -0.3 is 9.80 Å². The van der Waals surface area contributed by atoms with Gasteiger partial charge in [0, 0.05) is 32.7 Å². The lowest BCUT2D eigenvalue weighted by Gasteiger charge is -2.38. The molecule has 1 saturated heterocycles. The Bertz CT molecular complexity index is 364. The molecule has 0 spiro atoms. The highest BCUT2D eigenvalue weighted by Gasteiger charge is 2.24. The first kappa shape index (κ1) is 14.5. The van der Waals surface area contributed by atoms with Crippen LogP contribution in [0.5, 0.6) is 0 Å². The quantitative estimate of drug-likeness (QED) is 0.803. The van der Waals surface area contributed by atoms with Gasteiger partial charge in [-0.3, -0.25) is 0 Å². The maximum atomic E-state index is 2.63. The first-order valence-electron chi connectivity index (χ1n) is 7.58. The lowest BCUT2D eigenvalue weighted by atomic mass is 9.85. The van der Waals surface area contributed by atoms with E-state index in [4.69, 9.17) is 0 Å². The third kappa shape index (κ3) is 4.63. The molecular weight excluding hydrogens is 232 g/mol. The van der Waals surface area contributed by atoms with Gasteiger partial charge in [0.15, 0.2) is 0 Å².